The Bertz CT molecular complexity index is 2710. The van der Waals surface area contributed by atoms with E-state index in [-0.39, 0.29) is 111 Å². The zero-order chi connectivity index (χ0) is 57.6. The summed E-state index contributed by atoms with van der Waals surface area (Å²) in [6.07, 6.45) is 9.08. The number of fused-ring (bicyclic) bond motifs is 2. The number of aromatic nitrogens is 6. The standard InChI is InChI=1S/C57H82N16O7.2ClH/c1-33(58-9)49(74)64-47(56(3,4)5)53(78)70-31-39(25-45(70)51(76)62-43-23-15-19-35-17-11-13-21-41(35)43)72-29-37(66-68-72)27-60-55(80)61-28-38-30-73(69-67-38)40-26-46(52(77)63-44-24-16-20-36-18-12-14-22-42(36)44)71(32-40)54(79)48(57(6,7)8)65-50(75)34(2)59-10;;/h11-14,17-18,21-22,29-30,33-34,39-40,43-48,58-59H,15-16,19-20,23-28,31-32H2,1-10H3,(H,62,76)(H,63,77)(H,64,74)(H,65,75)(H2,60,61,80);2*1H/t33-,34-,39-,40-,43+,44+,45-,46-,47+,48+;;/m0../s1. The van der Waals surface area contributed by atoms with E-state index < -0.39 is 65.2 Å². The van der Waals surface area contributed by atoms with Crippen LogP contribution in [0, 0.1) is 10.8 Å². The van der Waals surface area contributed by atoms with Gasteiger partial charge in [-0.15, -0.1) is 35.0 Å². The normalized spacial score (nSPS) is 21.9. The van der Waals surface area contributed by atoms with Gasteiger partial charge < -0.3 is 52.3 Å². The lowest BCUT2D eigenvalue weighted by atomic mass is 9.85. The van der Waals surface area contributed by atoms with Crippen molar-refractivity contribution < 1.29 is 33.6 Å². The van der Waals surface area contributed by atoms with Crippen LogP contribution in [0.15, 0.2) is 60.9 Å². The van der Waals surface area contributed by atoms with Gasteiger partial charge in [-0.05, 0) is 99.6 Å². The summed E-state index contributed by atoms with van der Waals surface area (Å²) in [6.45, 7) is 15.0. The highest BCUT2D eigenvalue weighted by atomic mass is 35.5. The Balaban J connectivity index is 0.00000541. The molecule has 0 bridgehead atoms. The van der Waals surface area contributed by atoms with E-state index in [9.17, 15) is 33.6 Å². The van der Waals surface area contributed by atoms with Gasteiger partial charge in [-0.3, -0.25) is 28.8 Å². The molecule has 4 aromatic rings. The van der Waals surface area contributed by atoms with Crippen molar-refractivity contribution in [3.63, 3.8) is 0 Å². The van der Waals surface area contributed by atoms with Gasteiger partial charge in [0.1, 0.15) is 35.6 Å². The second kappa shape index (κ2) is 27.6. The lowest BCUT2D eigenvalue weighted by Gasteiger charge is -2.36. The molecule has 2 saturated heterocycles. The van der Waals surface area contributed by atoms with Crippen LogP contribution in [0.25, 0.3) is 0 Å². The smallest absolute Gasteiger partial charge is 0.315 e. The molecule has 25 heteroatoms. The third-order valence-electron chi connectivity index (χ3n) is 16.3. The monoisotopic (exact) mass is 1170 g/mol. The Morgan fingerprint density at radius 2 is 0.963 bits per heavy atom. The second-order valence-electron chi connectivity index (χ2n) is 24.1. The molecule has 2 aliphatic heterocycles. The molecule has 8 rings (SSSR count). The molecule has 2 aliphatic carbocycles. The number of likely N-dealkylation sites (tertiary alicyclic amines) is 2. The number of urea groups is 1. The minimum atomic E-state index is -0.936. The Morgan fingerprint density at radius 1 is 0.585 bits per heavy atom. The summed E-state index contributed by atoms with van der Waals surface area (Å²) in [5, 5.41) is 41.3. The summed E-state index contributed by atoms with van der Waals surface area (Å²) >= 11 is 0. The Kier molecular flexibility index (Phi) is 21.7. The third-order valence-corrected chi connectivity index (χ3v) is 16.3. The maximum Gasteiger partial charge on any atom is 0.315 e. The van der Waals surface area contributed by atoms with Crippen molar-refractivity contribution in [1.29, 1.82) is 0 Å². The number of nitrogens with one attached hydrogen (secondary N) is 8. The highest BCUT2D eigenvalue weighted by Crippen LogP contribution is 2.36. The number of benzene rings is 2. The van der Waals surface area contributed by atoms with Crippen LogP contribution in [-0.4, -0.2) is 145 Å². The number of carbonyl (C=O) groups excluding carboxylic acids is 7. The second-order valence-corrected chi connectivity index (χ2v) is 24.1. The number of hydrogen-bond donors (Lipinski definition) is 8. The van der Waals surface area contributed by atoms with Gasteiger partial charge in [0.15, 0.2) is 0 Å². The highest BCUT2D eigenvalue weighted by molar-refractivity contribution is 5.95. The average Bonchev–Trinajstić information content (AvgIpc) is 4.48. The molecule has 23 nitrogen and oxygen atoms in total. The van der Waals surface area contributed by atoms with Crippen molar-refractivity contribution in [2.45, 2.75) is 180 Å². The topological polar surface area (TPSA) is 284 Å². The molecule has 8 N–H and O–H groups in total. The summed E-state index contributed by atoms with van der Waals surface area (Å²) in [5.74, 6) is -2.00. The van der Waals surface area contributed by atoms with Crippen LogP contribution < -0.4 is 42.5 Å². The first-order chi connectivity index (χ1) is 38.0. The summed E-state index contributed by atoms with van der Waals surface area (Å²) < 4.78 is 3.24. The average molecular weight is 1180 g/mol. The highest BCUT2D eigenvalue weighted by Gasteiger charge is 2.48. The molecule has 2 fully saturated rings. The number of aryl methyl sites for hydroxylation is 2. The number of carbonyl (C=O) groups is 7. The number of nitrogens with zero attached hydrogens (tertiary/aromatic N) is 8. The fourth-order valence-corrected chi connectivity index (χ4v) is 11.3. The largest absolute Gasteiger partial charge is 0.347 e. The van der Waals surface area contributed by atoms with E-state index in [4.69, 9.17) is 0 Å². The van der Waals surface area contributed by atoms with Gasteiger partial charge in [0, 0.05) is 25.9 Å². The summed E-state index contributed by atoms with van der Waals surface area (Å²) in [6, 6.07) is 9.62. The third kappa shape index (κ3) is 15.1. The van der Waals surface area contributed by atoms with E-state index in [0.29, 0.717) is 11.4 Å². The minimum Gasteiger partial charge on any atom is -0.347 e. The molecular formula is C57H84Cl2N16O7. The maximum absolute atomic E-state index is 14.7. The Morgan fingerprint density at radius 3 is 1.33 bits per heavy atom. The zero-order valence-corrected chi connectivity index (χ0v) is 50.4. The van der Waals surface area contributed by atoms with E-state index in [1.807, 2.05) is 77.9 Å². The van der Waals surface area contributed by atoms with E-state index >= 15 is 0 Å². The summed E-state index contributed by atoms with van der Waals surface area (Å²) in [4.78, 5) is 101. The van der Waals surface area contributed by atoms with Crippen LogP contribution in [0.4, 0.5) is 4.79 Å². The number of halogens is 2. The first kappa shape index (κ1) is 64.5. The molecule has 10 atom stereocenters. The fourth-order valence-electron chi connectivity index (χ4n) is 11.3. The summed E-state index contributed by atoms with van der Waals surface area (Å²) in [5.41, 5.74) is 4.01. The molecule has 448 valence electrons. The molecule has 0 unspecified atom stereocenters. The van der Waals surface area contributed by atoms with Crippen molar-refractivity contribution in [3.05, 3.63) is 94.6 Å². The van der Waals surface area contributed by atoms with E-state index in [0.717, 1.165) is 49.7 Å². The van der Waals surface area contributed by atoms with Crippen LogP contribution in [-0.2, 0) is 54.7 Å². The van der Waals surface area contributed by atoms with Gasteiger partial charge in [0.05, 0.1) is 61.7 Å². The molecule has 2 aromatic carbocycles. The van der Waals surface area contributed by atoms with Crippen LogP contribution in [0.2, 0.25) is 0 Å². The SMILES string of the molecule is CN[C@@H](C)C(=O)N[C@H](C(=O)N1C[C@@H](n2cc(CNC(=O)NCc3cn([C@H]4C[C@@H](C(=O)N[C@@H]5CCCc6ccccc65)N(C(=O)[C@@H](NC(=O)[C@H](C)NC)C(C)(C)C)C4)nn3)nn2)C[C@H]1C(=O)N[C@@H]1CCCc2ccccc21)C(C)(C)C.Cl.Cl. The van der Waals surface area contributed by atoms with Gasteiger partial charge in [-0.2, -0.15) is 0 Å². The predicted molar refractivity (Wildman–Crippen MR) is 312 cm³/mol. The van der Waals surface area contributed by atoms with Crippen molar-refractivity contribution in [2.24, 2.45) is 10.8 Å². The van der Waals surface area contributed by atoms with Gasteiger partial charge >= 0.3 is 6.03 Å². The first-order valence-electron chi connectivity index (χ1n) is 28.2. The van der Waals surface area contributed by atoms with E-state index in [2.05, 4.69) is 75.3 Å². The van der Waals surface area contributed by atoms with Crippen LogP contribution in [0.3, 0.4) is 0 Å². The van der Waals surface area contributed by atoms with Gasteiger partial charge in [-0.25, -0.2) is 14.2 Å². The van der Waals surface area contributed by atoms with Crippen LogP contribution in [0.5, 0.6) is 0 Å². The Labute approximate surface area is 492 Å². The lowest BCUT2D eigenvalue weighted by Crippen LogP contribution is -2.59. The lowest BCUT2D eigenvalue weighted by molar-refractivity contribution is -0.144. The molecule has 8 amide bonds. The molecule has 2 aromatic heterocycles. The fraction of sp³-hybridized carbons (Fsp3) is 0.596. The van der Waals surface area contributed by atoms with Crippen molar-refractivity contribution in [3.8, 4) is 0 Å². The molecule has 82 heavy (non-hydrogen) atoms. The first-order valence-corrected chi connectivity index (χ1v) is 28.2. The van der Waals surface area contributed by atoms with Gasteiger partial charge in [-0.1, -0.05) is 101 Å². The maximum atomic E-state index is 14.7. The predicted octanol–water partition coefficient (Wildman–Crippen LogP) is 3.66. The number of likely N-dealkylation sites (N-methyl/N-ethyl adjacent to an activating group) is 2. The quantitative estimate of drug-likeness (QED) is 0.0707. The van der Waals surface area contributed by atoms with Crippen molar-refractivity contribution >= 4 is 66.3 Å². The number of amides is 8. The number of rotatable bonds is 18. The molecular weight excluding hydrogens is 1090 g/mol. The molecule has 0 spiro atoms. The molecule has 0 saturated carbocycles. The van der Waals surface area contributed by atoms with Gasteiger partial charge in [0.2, 0.25) is 35.4 Å². The minimum absolute atomic E-state index is 0. The molecule has 4 aliphatic rings. The van der Waals surface area contributed by atoms with Crippen molar-refractivity contribution in [1.82, 2.24) is 82.3 Å². The zero-order valence-electron chi connectivity index (χ0n) is 48.8. The van der Waals surface area contributed by atoms with E-state index in [1.165, 1.54) is 11.1 Å². The van der Waals surface area contributed by atoms with Crippen LogP contribution in [0.1, 0.15) is 152 Å². The van der Waals surface area contributed by atoms with E-state index in [1.54, 1.807) is 59.5 Å². The summed E-state index contributed by atoms with van der Waals surface area (Å²) in [7, 11) is 3.34. The molecule has 0 radical (unpaired) electrons. The Hall–Kier alpha value is -6.69. The molecule has 4 heterocycles. The number of hydrogen-bond acceptors (Lipinski definition) is 13. The van der Waals surface area contributed by atoms with Crippen molar-refractivity contribution in [2.75, 3.05) is 27.2 Å². The van der Waals surface area contributed by atoms with Crippen LogP contribution >= 0.6 is 24.8 Å². The van der Waals surface area contributed by atoms with Gasteiger partial charge in [0.25, 0.3) is 0 Å².